The van der Waals surface area contributed by atoms with E-state index < -0.39 is 0 Å². The summed E-state index contributed by atoms with van der Waals surface area (Å²) in [6, 6.07) is 7.65. The summed E-state index contributed by atoms with van der Waals surface area (Å²) in [5, 5.41) is 10.6. The molecule has 0 saturated heterocycles. The Hall–Kier alpha value is -1.82. The predicted octanol–water partition coefficient (Wildman–Crippen LogP) is 3.19. The number of carbonyl (C=O) groups is 1. The molecule has 5 nitrogen and oxygen atoms in total. The first kappa shape index (κ1) is 13.6. The monoisotopic (exact) mass is 277 g/mol. The highest BCUT2D eigenvalue weighted by Crippen LogP contribution is 2.34. The first-order chi connectivity index (χ1) is 9.04. The number of anilines is 1. The summed E-state index contributed by atoms with van der Waals surface area (Å²) >= 11 is 1.63. The van der Waals surface area contributed by atoms with Gasteiger partial charge in [0.05, 0.1) is 5.25 Å². The van der Waals surface area contributed by atoms with Crippen LogP contribution in [0.4, 0.5) is 5.69 Å². The number of nitrogens with zero attached hydrogens (tertiary/aromatic N) is 2. The lowest BCUT2D eigenvalue weighted by atomic mass is 10.3. The molecule has 0 saturated carbocycles. The molecular formula is C13H15N3O2S. The highest BCUT2D eigenvalue weighted by atomic mass is 32.2. The van der Waals surface area contributed by atoms with Crippen molar-refractivity contribution in [3.05, 3.63) is 36.0 Å². The molecule has 0 bridgehead atoms. The standard InChI is InChI=1S/C13H15N3O2S/c1-8(13-16-15-10(3)18-13)19-12-6-4-11(5-7-12)14-9(2)17/h4-8H,1-3H3,(H,14,17). The SMILES string of the molecule is CC(=O)Nc1ccc(SC(C)c2nnc(C)o2)cc1. The van der Waals surface area contributed by atoms with Crippen LogP contribution in [-0.4, -0.2) is 16.1 Å². The van der Waals surface area contributed by atoms with Crippen molar-refractivity contribution in [1.82, 2.24) is 10.2 Å². The van der Waals surface area contributed by atoms with E-state index in [4.69, 9.17) is 4.42 Å². The summed E-state index contributed by atoms with van der Waals surface area (Å²) in [5.41, 5.74) is 0.790. The van der Waals surface area contributed by atoms with E-state index in [0.717, 1.165) is 10.6 Å². The number of carbonyl (C=O) groups excluding carboxylic acids is 1. The van der Waals surface area contributed by atoms with E-state index in [2.05, 4.69) is 15.5 Å². The summed E-state index contributed by atoms with van der Waals surface area (Å²) in [5.74, 6) is 1.12. The molecule has 0 spiro atoms. The van der Waals surface area contributed by atoms with Gasteiger partial charge in [0.15, 0.2) is 0 Å². The second kappa shape index (κ2) is 5.88. The topological polar surface area (TPSA) is 68.0 Å². The van der Waals surface area contributed by atoms with E-state index in [0.29, 0.717) is 11.8 Å². The van der Waals surface area contributed by atoms with Crippen molar-refractivity contribution in [2.24, 2.45) is 0 Å². The van der Waals surface area contributed by atoms with Crippen molar-refractivity contribution in [2.45, 2.75) is 30.9 Å². The van der Waals surface area contributed by atoms with Crippen LogP contribution in [-0.2, 0) is 4.79 Å². The van der Waals surface area contributed by atoms with Gasteiger partial charge in [0.25, 0.3) is 0 Å². The molecule has 0 aliphatic heterocycles. The smallest absolute Gasteiger partial charge is 0.229 e. The van der Waals surface area contributed by atoms with E-state index in [1.807, 2.05) is 31.2 Å². The first-order valence-electron chi connectivity index (χ1n) is 5.89. The van der Waals surface area contributed by atoms with Crippen LogP contribution in [0.15, 0.2) is 33.6 Å². The van der Waals surface area contributed by atoms with Crippen LogP contribution in [0.2, 0.25) is 0 Å². The molecule has 2 aromatic rings. The molecule has 1 unspecified atom stereocenters. The van der Waals surface area contributed by atoms with Crippen molar-refractivity contribution < 1.29 is 9.21 Å². The molecule has 19 heavy (non-hydrogen) atoms. The third-order valence-corrected chi connectivity index (χ3v) is 3.48. The maximum atomic E-state index is 10.9. The molecule has 1 amide bonds. The highest BCUT2D eigenvalue weighted by molar-refractivity contribution is 7.99. The molecule has 0 fully saturated rings. The van der Waals surface area contributed by atoms with Crippen LogP contribution in [0.1, 0.15) is 30.9 Å². The molecule has 100 valence electrons. The van der Waals surface area contributed by atoms with Gasteiger partial charge >= 0.3 is 0 Å². The lowest BCUT2D eigenvalue weighted by Gasteiger charge is -2.07. The second-order valence-electron chi connectivity index (χ2n) is 4.12. The summed E-state index contributed by atoms with van der Waals surface area (Å²) in [4.78, 5) is 12.0. The van der Waals surface area contributed by atoms with Gasteiger partial charge in [-0.1, -0.05) is 0 Å². The Morgan fingerprint density at radius 2 is 2.00 bits per heavy atom. The Kier molecular flexibility index (Phi) is 4.21. The number of benzene rings is 1. The zero-order chi connectivity index (χ0) is 13.8. The van der Waals surface area contributed by atoms with Gasteiger partial charge in [-0.25, -0.2) is 0 Å². The summed E-state index contributed by atoms with van der Waals surface area (Å²) < 4.78 is 5.39. The number of thioether (sulfide) groups is 1. The van der Waals surface area contributed by atoms with Gasteiger partial charge in [-0.15, -0.1) is 22.0 Å². The van der Waals surface area contributed by atoms with Gasteiger partial charge in [0, 0.05) is 24.4 Å². The zero-order valence-electron chi connectivity index (χ0n) is 11.0. The second-order valence-corrected chi connectivity index (χ2v) is 5.54. The normalized spacial score (nSPS) is 12.2. The molecule has 0 aliphatic rings. The minimum absolute atomic E-state index is 0.0740. The van der Waals surface area contributed by atoms with Gasteiger partial charge in [0.2, 0.25) is 17.7 Å². The average molecular weight is 277 g/mol. The van der Waals surface area contributed by atoms with Crippen molar-refractivity contribution in [3.8, 4) is 0 Å². The largest absolute Gasteiger partial charge is 0.424 e. The number of aryl methyl sites for hydroxylation is 1. The summed E-state index contributed by atoms with van der Waals surface area (Å²) in [6.07, 6.45) is 0. The molecule has 1 heterocycles. The number of nitrogens with one attached hydrogen (secondary N) is 1. The number of hydrogen-bond acceptors (Lipinski definition) is 5. The maximum absolute atomic E-state index is 10.9. The Balaban J connectivity index is 2.01. The van der Waals surface area contributed by atoms with E-state index in [1.165, 1.54) is 6.92 Å². The first-order valence-corrected chi connectivity index (χ1v) is 6.77. The van der Waals surface area contributed by atoms with E-state index >= 15 is 0 Å². The molecule has 1 aromatic carbocycles. The molecule has 1 atom stereocenters. The Morgan fingerprint density at radius 3 is 2.53 bits per heavy atom. The van der Waals surface area contributed by atoms with Crippen LogP contribution < -0.4 is 5.32 Å². The van der Waals surface area contributed by atoms with Gasteiger partial charge < -0.3 is 9.73 Å². The van der Waals surface area contributed by atoms with Gasteiger partial charge in [-0.05, 0) is 31.2 Å². The fourth-order valence-corrected chi connectivity index (χ4v) is 2.45. The fourth-order valence-electron chi connectivity index (χ4n) is 1.55. The molecule has 6 heteroatoms. The van der Waals surface area contributed by atoms with Gasteiger partial charge in [-0.2, -0.15) is 0 Å². The van der Waals surface area contributed by atoms with Crippen LogP contribution in [0, 0.1) is 6.92 Å². The summed E-state index contributed by atoms with van der Waals surface area (Å²) in [7, 11) is 0. The van der Waals surface area contributed by atoms with E-state index in [9.17, 15) is 4.79 Å². The Bertz CT molecular complexity index is 566. The number of amides is 1. The van der Waals surface area contributed by atoms with Crippen LogP contribution in [0.3, 0.4) is 0 Å². The Labute approximate surface area is 115 Å². The molecule has 1 aromatic heterocycles. The molecule has 1 N–H and O–H groups in total. The fraction of sp³-hybridized carbons (Fsp3) is 0.308. The van der Waals surface area contributed by atoms with Crippen LogP contribution in [0.5, 0.6) is 0 Å². The minimum atomic E-state index is -0.0740. The third-order valence-electron chi connectivity index (χ3n) is 2.38. The van der Waals surface area contributed by atoms with E-state index in [-0.39, 0.29) is 11.2 Å². The zero-order valence-corrected chi connectivity index (χ0v) is 11.8. The van der Waals surface area contributed by atoms with Crippen molar-refractivity contribution in [1.29, 1.82) is 0 Å². The predicted molar refractivity (Wildman–Crippen MR) is 74.1 cm³/mol. The van der Waals surface area contributed by atoms with Crippen LogP contribution >= 0.6 is 11.8 Å². The van der Waals surface area contributed by atoms with E-state index in [1.54, 1.807) is 18.7 Å². The third kappa shape index (κ3) is 3.82. The number of aromatic nitrogens is 2. The highest BCUT2D eigenvalue weighted by Gasteiger charge is 2.13. The van der Waals surface area contributed by atoms with Crippen LogP contribution in [0.25, 0.3) is 0 Å². The molecule has 0 radical (unpaired) electrons. The van der Waals surface area contributed by atoms with Crippen molar-refractivity contribution in [3.63, 3.8) is 0 Å². The van der Waals surface area contributed by atoms with Gasteiger partial charge in [0.1, 0.15) is 0 Å². The number of rotatable bonds is 4. The molecule has 2 rings (SSSR count). The maximum Gasteiger partial charge on any atom is 0.229 e. The minimum Gasteiger partial charge on any atom is -0.424 e. The summed E-state index contributed by atoms with van der Waals surface area (Å²) in [6.45, 7) is 5.28. The Morgan fingerprint density at radius 1 is 1.32 bits per heavy atom. The van der Waals surface area contributed by atoms with Crippen molar-refractivity contribution >= 4 is 23.4 Å². The van der Waals surface area contributed by atoms with Gasteiger partial charge in [-0.3, -0.25) is 4.79 Å². The van der Waals surface area contributed by atoms with Crippen molar-refractivity contribution in [2.75, 3.05) is 5.32 Å². The quantitative estimate of drug-likeness (QED) is 0.869. The average Bonchev–Trinajstić information content (AvgIpc) is 2.78. The lowest BCUT2D eigenvalue weighted by molar-refractivity contribution is -0.114. The molecule has 0 aliphatic carbocycles. The lowest BCUT2D eigenvalue weighted by Crippen LogP contribution is -2.05. The number of hydrogen-bond donors (Lipinski definition) is 1. The molecular weight excluding hydrogens is 262 g/mol.